The Morgan fingerprint density at radius 1 is 1.21 bits per heavy atom. The number of hydrogen-bond acceptors (Lipinski definition) is 6. The molecule has 0 spiro atoms. The van der Waals surface area contributed by atoms with E-state index in [9.17, 15) is 14.7 Å². The van der Waals surface area contributed by atoms with Gasteiger partial charge in [-0.05, 0) is 43.5 Å². The van der Waals surface area contributed by atoms with Crippen molar-refractivity contribution in [3.05, 3.63) is 46.5 Å². The maximum Gasteiger partial charge on any atom is 0.305 e. The third-order valence-corrected chi connectivity index (χ3v) is 4.96. The van der Waals surface area contributed by atoms with Crippen molar-refractivity contribution in [3.63, 3.8) is 0 Å². The number of benzene rings is 1. The van der Waals surface area contributed by atoms with Gasteiger partial charge < -0.3 is 19.5 Å². The number of ether oxygens (including phenoxy) is 2. The summed E-state index contributed by atoms with van der Waals surface area (Å²) in [6.07, 6.45) is 1.88. The Hall–Kier alpha value is -3.16. The van der Waals surface area contributed by atoms with Crippen LogP contribution in [0.25, 0.3) is 0 Å². The summed E-state index contributed by atoms with van der Waals surface area (Å²) < 4.78 is 10.7. The van der Waals surface area contributed by atoms with Crippen molar-refractivity contribution in [3.8, 4) is 11.5 Å². The molecule has 1 unspecified atom stereocenters. The first-order chi connectivity index (χ1) is 13.3. The van der Waals surface area contributed by atoms with Gasteiger partial charge in [0, 0.05) is 12.7 Å². The van der Waals surface area contributed by atoms with Crippen molar-refractivity contribution in [2.75, 3.05) is 20.8 Å². The quantitative estimate of drug-likeness (QED) is 0.843. The molecule has 1 aliphatic rings. The molecule has 1 aromatic carbocycles. The molecule has 1 amide bonds. The fourth-order valence-electron chi connectivity index (χ4n) is 3.60. The first kappa shape index (κ1) is 19.6. The highest BCUT2D eigenvalue weighted by Gasteiger charge is 2.34. The van der Waals surface area contributed by atoms with Crippen LogP contribution < -0.4 is 9.47 Å². The highest BCUT2D eigenvalue weighted by molar-refractivity contribution is 5.95. The SMILES string of the molecule is COc1cc2c(cc1OC)C(CC(=O)O)N(C(=O)c1cnc(C)nc1C)CC2. The summed E-state index contributed by atoms with van der Waals surface area (Å²) in [4.78, 5) is 34.7. The van der Waals surface area contributed by atoms with Gasteiger partial charge in [0.2, 0.25) is 0 Å². The van der Waals surface area contributed by atoms with Crippen molar-refractivity contribution < 1.29 is 24.2 Å². The first-order valence-electron chi connectivity index (χ1n) is 8.93. The molecule has 8 nitrogen and oxygen atoms in total. The Morgan fingerprint density at radius 2 is 1.89 bits per heavy atom. The molecule has 28 heavy (non-hydrogen) atoms. The van der Waals surface area contributed by atoms with Crippen LogP contribution in [0.3, 0.4) is 0 Å². The van der Waals surface area contributed by atoms with Crippen LogP contribution in [-0.2, 0) is 11.2 Å². The van der Waals surface area contributed by atoms with Gasteiger partial charge in [-0.2, -0.15) is 0 Å². The monoisotopic (exact) mass is 385 g/mol. The lowest BCUT2D eigenvalue weighted by Crippen LogP contribution is -2.41. The number of methoxy groups -OCH3 is 2. The number of rotatable bonds is 5. The van der Waals surface area contributed by atoms with E-state index < -0.39 is 12.0 Å². The maximum absolute atomic E-state index is 13.2. The average molecular weight is 385 g/mol. The minimum absolute atomic E-state index is 0.208. The molecule has 1 aliphatic heterocycles. The molecule has 1 atom stereocenters. The molecule has 3 rings (SSSR count). The van der Waals surface area contributed by atoms with E-state index in [1.54, 1.807) is 31.9 Å². The fraction of sp³-hybridized carbons (Fsp3) is 0.400. The molecule has 2 aromatic rings. The van der Waals surface area contributed by atoms with Crippen LogP contribution in [0.15, 0.2) is 18.3 Å². The van der Waals surface area contributed by atoms with E-state index in [0.717, 1.165) is 11.1 Å². The second kappa shape index (κ2) is 7.84. The normalized spacial score (nSPS) is 15.7. The van der Waals surface area contributed by atoms with E-state index in [1.165, 1.54) is 13.3 Å². The lowest BCUT2D eigenvalue weighted by Gasteiger charge is -2.37. The van der Waals surface area contributed by atoms with Gasteiger partial charge in [0.1, 0.15) is 5.82 Å². The Morgan fingerprint density at radius 3 is 2.50 bits per heavy atom. The fourth-order valence-corrected chi connectivity index (χ4v) is 3.60. The topological polar surface area (TPSA) is 102 Å². The molecule has 2 heterocycles. The summed E-state index contributed by atoms with van der Waals surface area (Å²) in [6, 6.07) is 3.00. The second-order valence-electron chi connectivity index (χ2n) is 6.68. The van der Waals surface area contributed by atoms with Crippen molar-refractivity contribution in [2.24, 2.45) is 0 Å². The summed E-state index contributed by atoms with van der Waals surface area (Å²) in [5.41, 5.74) is 2.66. The molecule has 0 bridgehead atoms. The molecule has 0 aliphatic carbocycles. The van der Waals surface area contributed by atoms with Crippen molar-refractivity contribution in [1.82, 2.24) is 14.9 Å². The predicted molar refractivity (Wildman–Crippen MR) is 101 cm³/mol. The molecular weight excluding hydrogens is 362 g/mol. The van der Waals surface area contributed by atoms with Gasteiger partial charge in [-0.25, -0.2) is 9.97 Å². The zero-order valence-corrected chi connectivity index (χ0v) is 16.4. The van der Waals surface area contributed by atoms with E-state index in [-0.39, 0.29) is 12.3 Å². The number of nitrogens with zero attached hydrogens (tertiary/aromatic N) is 3. The number of carbonyl (C=O) groups is 2. The number of amides is 1. The molecule has 1 N–H and O–H groups in total. The zero-order chi connectivity index (χ0) is 20.4. The molecule has 0 saturated heterocycles. The number of aryl methyl sites for hydroxylation is 2. The second-order valence-corrected chi connectivity index (χ2v) is 6.68. The number of carbonyl (C=O) groups excluding carboxylic acids is 1. The lowest BCUT2D eigenvalue weighted by atomic mass is 9.89. The van der Waals surface area contributed by atoms with Crippen LogP contribution in [0.2, 0.25) is 0 Å². The van der Waals surface area contributed by atoms with E-state index >= 15 is 0 Å². The Bertz CT molecular complexity index is 928. The van der Waals surface area contributed by atoms with Crippen molar-refractivity contribution in [1.29, 1.82) is 0 Å². The first-order valence-corrected chi connectivity index (χ1v) is 8.93. The highest BCUT2D eigenvalue weighted by Crippen LogP contribution is 2.40. The maximum atomic E-state index is 13.2. The van der Waals surface area contributed by atoms with Crippen molar-refractivity contribution in [2.45, 2.75) is 32.7 Å². The molecule has 0 fully saturated rings. The molecule has 8 heteroatoms. The van der Waals surface area contributed by atoms with E-state index in [0.29, 0.717) is 41.5 Å². The lowest BCUT2D eigenvalue weighted by molar-refractivity contribution is -0.138. The molecule has 148 valence electrons. The van der Waals surface area contributed by atoms with Crippen LogP contribution in [0.5, 0.6) is 11.5 Å². The van der Waals surface area contributed by atoms with Gasteiger partial charge in [-0.15, -0.1) is 0 Å². The average Bonchev–Trinajstić information content (AvgIpc) is 2.66. The summed E-state index contributed by atoms with van der Waals surface area (Å²) in [7, 11) is 3.08. The Kier molecular flexibility index (Phi) is 5.48. The summed E-state index contributed by atoms with van der Waals surface area (Å²) >= 11 is 0. The van der Waals surface area contributed by atoms with Crippen LogP contribution in [0, 0.1) is 13.8 Å². The number of fused-ring (bicyclic) bond motifs is 1. The van der Waals surface area contributed by atoms with E-state index in [2.05, 4.69) is 9.97 Å². The van der Waals surface area contributed by atoms with Gasteiger partial charge in [-0.3, -0.25) is 9.59 Å². The predicted octanol–water partition coefficient (Wildman–Crippen LogP) is 2.32. The number of carboxylic acid groups (broad SMARTS) is 1. The van der Waals surface area contributed by atoms with E-state index in [1.807, 2.05) is 6.07 Å². The molecule has 1 aromatic heterocycles. The minimum atomic E-state index is -0.984. The standard InChI is InChI=1S/C20H23N3O5/c1-11-15(10-21-12(2)22-11)20(26)23-6-5-13-7-17(27-3)18(28-4)8-14(13)16(23)9-19(24)25/h7-8,10,16H,5-6,9H2,1-4H3,(H,24,25). The molecule has 0 saturated carbocycles. The largest absolute Gasteiger partial charge is 0.493 e. The van der Waals surface area contributed by atoms with Gasteiger partial charge in [0.05, 0.1) is 37.9 Å². The molecule has 0 radical (unpaired) electrons. The number of aliphatic carboxylic acids is 1. The van der Waals surface area contributed by atoms with Crippen LogP contribution in [-0.4, -0.2) is 52.6 Å². The zero-order valence-electron chi connectivity index (χ0n) is 16.4. The summed E-state index contributed by atoms with van der Waals surface area (Å²) in [5.74, 6) is 0.405. The third kappa shape index (κ3) is 3.62. The smallest absolute Gasteiger partial charge is 0.305 e. The highest BCUT2D eigenvalue weighted by atomic mass is 16.5. The summed E-state index contributed by atoms with van der Waals surface area (Å²) in [5, 5.41) is 9.46. The third-order valence-electron chi connectivity index (χ3n) is 4.96. The number of aromatic nitrogens is 2. The number of hydrogen-bond donors (Lipinski definition) is 1. The Labute approximate surface area is 163 Å². The van der Waals surface area contributed by atoms with Crippen LogP contribution in [0.1, 0.15) is 45.5 Å². The Balaban J connectivity index is 2.05. The van der Waals surface area contributed by atoms with Crippen LogP contribution in [0.4, 0.5) is 0 Å². The van der Waals surface area contributed by atoms with Crippen molar-refractivity contribution >= 4 is 11.9 Å². The molecular formula is C20H23N3O5. The number of carboxylic acids is 1. The van der Waals surface area contributed by atoms with Gasteiger partial charge in [-0.1, -0.05) is 0 Å². The minimum Gasteiger partial charge on any atom is -0.493 e. The van der Waals surface area contributed by atoms with Gasteiger partial charge in [0.15, 0.2) is 11.5 Å². The van der Waals surface area contributed by atoms with Crippen LogP contribution >= 0.6 is 0 Å². The summed E-state index contributed by atoms with van der Waals surface area (Å²) in [6.45, 7) is 3.90. The van der Waals surface area contributed by atoms with Gasteiger partial charge in [0.25, 0.3) is 5.91 Å². The van der Waals surface area contributed by atoms with E-state index in [4.69, 9.17) is 9.47 Å². The van der Waals surface area contributed by atoms with Gasteiger partial charge >= 0.3 is 5.97 Å².